The Morgan fingerprint density at radius 2 is 1.74 bits per heavy atom. The Morgan fingerprint density at radius 3 is 2.44 bits per heavy atom. The predicted molar refractivity (Wildman–Crippen MR) is 133 cm³/mol. The summed E-state index contributed by atoms with van der Waals surface area (Å²) in [5.74, 6) is 0.756. The molecule has 172 valence electrons. The SMILES string of the molecule is CCOC(=O)/C(=N/Nc1cccc(OC)c1)Sc1nnc(-c2ccccc2)n1-c1ccccc1. The van der Waals surface area contributed by atoms with E-state index in [0.717, 1.165) is 23.0 Å². The fourth-order valence-corrected chi connectivity index (χ4v) is 3.89. The van der Waals surface area contributed by atoms with Crippen molar-refractivity contribution < 1.29 is 14.3 Å². The molecular formula is C25H23N5O3S. The predicted octanol–water partition coefficient (Wildman–Crippen LogP) is 5.02. The lowest BCUT2D eigenvalue weighted by Gasteiger charge is -2.11. The molecule has 9 heteroatoms. The standard InChI is InChI=1S/C25H23N5O3S/c1-3-33-24(31)23(28-26-19-13-10-16-21(17-19)32-2)34-25-29-27-22(18-11-6-4-7-12-18)30(25)20-14-8-5-9-15-20/h4-17,26H,3H2,1-2H3/b28-23-. The van der Waals surface area contributed by atoms with Gasteiger partial charge in [-0.05, 0) is 43.0 Å². The van der Waals surface area contributed by atoms with Gasteiger partial charge >= 0.3 is 5.97 Å². The number of hydrogen-bond donors (Lipinski definition) is 1. The van der Waals surface area contributed by atoms with E-state index in [1.807, 2.05) is 83.4 Å². The van der Waals surface area contributed by atoms with Crippen molar-refractivity contribution in [2.75, 3.05) is 19.1 Å². The van der Waals surface area contributed by atoms with Crippen LogP contribution < -0.4 is 10.2 Å². The van der Waals surface area contributed by atoms with Crippen LogP contribution in [0.15, 0.2) is 95.2 Å². The molecule has 0 radical (unpaired) electrons. The Morgan fingerprint density at radius 1 is 1.00 bits per heavy atom. The van der Waals surface area contributed by atoms with Crippen LogP contribution in [-0.4, -0.2) is 39.5 Å². The number of nitrogens with zero attached hydrogens (tertiary/aromatic N) is 4. The molecule has 3 aromatic carbocycles. The highest BCUT2D eigenvalue weighted by molar-refractivity contribution is 8.15. The molecule has 0 amide bonds. The van der Waals surface area contributed by atoms with Crippen LogP contribution in [0.1, 0.15) is 6.92 Å². The molecule has 1 aromatic heterocycles. The summed E-state index contributed by atoms with van der Waals surface area (Å²) in [6, 6.07) is 26.7. The van der Waals surface area contributed by atoms with Crippen LogP contribution in [-0.2, 0) is 9.53 Å². The Balaban J connectivity index is 1.72. The van der Waals surface area contributed by atoms with Gasteiger partial charge in [0.15, 0.2) is 5.82 Å². The summed E-state index contributed by atoms with van der Waals surface area (Å²) in [7, 11) is 1.59. The van der Waals surface area contributed by atoms with Gasteiger partial charge in [0.05, 0.1) is 19.4 Å². The van der Waals surface area contributed by atoms with Crippen LogP contribution in [0.2, 0.25) is 0 Å². The normalized spacial score (nSPS) is 11.2. The summed E-state index contributed by atoms with van der Waals surface area (Å²) in [6.45, 7) is 1.97. The topological polar surface area (TPSA) is 90.6 Å². The molecule has 0 atom stereocenters. The summed E-state index contributed by atoms with van der Waals surface area (Å²) in [6.07, 6.45) is 0. The van der Waals surface area contributed by atoms with Crippen LogP contribution in [0.25, 0.3) is 17.1 Å². The van der Waals surface area contributed by atoms with Crippen molar-refractivity contribution in [3.05, 3.63) is 84.9 Å². The molecule has 1 heterocycles. The first kappa shape index (κ1) is 23.1. The van der Waals surface area contributed by atoms with E-state index in [1.165, 1.54) is 0 Å². The summed E-state index contributed by atoms with van der Waals surface area (Å²) in [5, 5.41) is 13.7. The second kappa shape index (κ2) is 11.2. The minimum Gasteiger partial charge on any atom is -0.497 e. The maximum atomic E-state index is 12.7. The maximum Gasteiger partial charge on any atom is 0.365 e. The quantitative estimate of drug-likeness (QED) is 0.132. The van der Waals surface area contributed by atoms with Crippen LogP contribution in [0.5, 0.6) is 5.75 Å². The Kier molecular flexibility index (Phi) is 7.56. The Labute approximate surface area is 201 Å². The number of thioether (sulfide) groups is 1. The first-order chi connectivity index (χ1) is 16.7. The number of aromatic nitrogens is 3. The average molecular weight is 474 g/mol. The molecule has 0 saturated carbocycles. The molecule has 0 fully saturated rings. The van der Waals surface area contributed by atoms with Gasteiger partial charge in [0.2, 0.25) is 10.2 Å². The Bertz CT molecular complexity index is 1280. The number of carbonyl (C=O) groups excluding carboxylic acids is 1. The first-order valence-corrected chi connectivity index (χ1v) is 11.4. The molecule has 0 aliphatic rings. The summed E-state index contributed by atoms with van der Waals surface area (Å²) in [4.78, 5) is 12.7. The Hall–Kier alpha value is -4.11. The van der Waals surface area contributed by atoms with Crippen LogP contribution >= 0.6 is 11.8 Å². The van der Waals surface area contributed by atoms with E-state index in [0.29, 0.717) is 22.4 Å². The number of nitrogens with one attached hydrogen (secondary N) is 1. The van der Waals surface area contributed by atoms with Gasteiger partial charge in [-0.2, -0.15) is 5.10 Å². The van der Waals surface area contributed by atoms with Crippen LogP contribution in [0.3, 0.4) is 0 Å². The molecular weight excluding hydrogens is 450 g/mol. The van der Waals surface area contributed by atoms with E-state index in [9.17, 15) is 4.79 Å². The largest absolute Gasteiger partial charge is 0.497 e. The maximum absolute atomic E-state index is 12.7. The van der Waals surface area contributed by atoms with Crippen molar-refractivity contribution in [2.45, 2.75) is 12.1 Å². The number of ether oxygens (including phenoxy) is 2. The van der Waals surface area contributed by atoms with Crippen molar-refractivity contribution >= 4 is 28.5 Å². The highest BCUT2D eigenvalue weighted by Gasteiger charge is 2.22. The second-order valence-corrected chi connectivity index (χ2v) is 7.88. The number of hydrogen-bond acceptors (Lipinski definition) is 8. The molecule has 0 unspecified atom stereocenters. The molecule has 0 aliphatic heterocycles. The molecule has 4 rings (SSSR count). The summed E-state index contributed by atoms with van der Waals surface area (Å²) < 4.78 is 12.4. The number of benzene rings is 3. The number of anilines is 1. The zero-order valence-electron chi connectivity index (χ0n) is 18.7. The molecule has 0 bridgehead atoms. The highest BCUT2D eigenvalue weighted by atomic mass is 32.2. The van der Waals surface area contributed by atoms with Crippen molar-refractivity contribution in [3.8, 4) is 22.8 Å². The minimum atomic E-state index is -0.563. The van der Waals surface area contributed by atoms with E-state index in [1.54, 1.807) is 20.1 Å². The van der Waals surface area contributed by atoms with Crippen molar-refractivity contribution in [1.29, 1.82) is 0 Å². The fourth-order valence-electron chi connectivity index (χ4n) is 3.12. The van der Waals surface area contributed by atoms with Crippen molar-refractivity contribution in [2.24, 2.45) is 5.10 Å². The zero-order valence-corrected chi connectivity index (χ0v) is 19.5. The third-order valence-corrected chi connectivity index (χ3v) is 5.57. The van der Waals surface area contributed by atoms with Gasteiger partial charge < -0.3 is 9.47 Å². The molecule has 8 nitrogen and oxygen atoms in total. The number of carbonyl (C=O) groups is 1. The molecule has 34 heavy (non-hydrogen) atoms. The van der Waals surface area contributed by atoms with Gasteiger partial charge in [0.25, 0.3) is 0 Å². The molecule has 0 saturated heterocycles. The molecule has 1 N–H and O–H groups in total. The molecule has 4 aromatic rings. The second-order valence-electron chi connectivity index (χ2n) is 6.93. The lowest BCUT2D eigenvalue weighted by molar-refractivity contribution is -0.134. The van der Waals surface area contributed by atoms with Gasteiger partial charge in [0, 0.05) is 17.3 Å². The van der Waals surface area contributed by atoms with Crippen molar-refractivity contribution in [3.63, 3.8) is 0 Å². The average Bonchev–Trinajstić information content (AvgIpc) is 3.31. The fraction of sp³-hybridized carbons (Fsp3) is 0.120. The first-order valence-electron chi connectivity index (χ1n) is 10.6. The van der Waals surface area contributed by atoms with E-state index >= 15 is 0 Å². The van der Waals surface area contributed by atoms with E-state index in [-0.39, 0.29) is 11.7 Å². The monoisotopic (exact) mass is 473 g/mol. The van der Waals surface area contributed by atoms with Crippen LogP contribution in [0, 0.1) is 0 Å². The molecule has 0 aliphatic carbocycles. The lowest BCUT2D eigenvalue weighted by Crippen LogP contribution is -2.17. The van der Waals surface area contributed by atoms with Gasteiger partial charge in [-0.1, -0.05) is 54.6 Å². The minimum absolute atomic E-state index is 0.0915. The van der Waals surface area contributed by atoms with Crippen molar-refractivity contribution in [1.82, 2.24) is 14.8 Å². The van der Waals surface area contributed by atoms with E-state index in [4.69, 9.17) is 9.47 Å². The highest BCUT2D eigenvalue weighted by Crippen LogP contribution is 2.29. The van der Waals surface area contributed by atoms with Gasteiger partial charge in [0.1, 0.15) is 5.75 Å². The zero-order chi connectivity index (χ0) is 23.8. The number of para-hydroxylation sites is 1. The van der Waals surface area contributed by atoms with E-state index in [2.05, 4.69) is 20.7 Å². The van der Waals surface area contributed by atoms with Gasteiger partial charge in [-0.25, -0.2) is 4.79 Å². The summed E-state index contributed by atoms with van der Waals surface area (Å²) >= 11 is 1.07. The third-order valence-electron chi connectivity index (χ3n) is 4.67. The number of hydrazone groups is 1. The third kappa shape index (κ3) is 5.44. The number of rotatable bonds is 7. The smallest absolute Gasteiger partial charge is 0.365 e. The molecule has 0 spiro atoms. The lowest BCUT2D eigenvalue weighted by atomic mass is 10.2. The van der Waals surface area contributed by atoms with Gasteiger partial charge in [-0.15, -0.1) is 10.2 Å². The summed E-state index contributed by atoms with van der Waals surface area (Å²) in [5.41, 5.74) is 5.33. The van der Waals surface area contributed by atoms with Crippen LogP contribution in [0.4, 0.5) is 5.69 Å². The number of esters is 1. The number of methoxy groups -OCH3 is 1. The van der Waals surface area contributed by atoms with Gasteiger partial charge in [-0.3, -0.25) is 9.99 Å². The van der Waals surface area contributed by atoms with E-state index < -0.39 is 5.97 Å².